The summed E-state index contributed by atoms with van der Waals surface area (Å²) >= 11 is 2.23. The van der Waals surface area contributed by atoms with Crippen LogP contribution in [0.4, 0.5) is 0 Å². The van der Waals surface area contributed by atoms with Gasteiger partial charge in [-0.15, -0.1) is 0 Å². The summed E-state index contributed by atoms with van der Waals surface area (Å²) in [6.07, 6.45) is 1.60. The zero-order valence-corrected chi connectivity index (χ0v) is 13.4. The zero-order chi connectivity index (χ0) is 14.5. The Morgan fingerprint density at radius 3 is 2.70 bits per heavy atom. The standard InChI is InChI=1S/C13H16INO5/c1-13(2)19-10-8(6-14)18-12(11(10)20-13)15-4-3-7(16)5-9(15)17/h3-4,8,10-12H,5-6H2,1-2H3/t8-,10-,11-,12-/m1/s1. The number of rotatable bonds is 2. The summed E-state index contributed by atoms with van der Waals surface area (Å²) in [6, 6.07) is 0. The summed E-state index contributed by atoms with van der Waals surface area (Å²) in [5.74, 6) is -1.13. The van der Waals surface area contributed by atoms with Gasteiger partial charge in [0.25, 0.3) is 0 Å². The molecule has 3 heterocycles. The van der Waals surface area contributed by atoms with Crippen LogP contribution in [-0.2, 0) is 23.8 Å². The maximum absolute atomic E-state index is 12.0. The van der Waals surface area contributed by atoms with Gasteiger partial charge in [-0.05, 0) is 19.9 Å². The molecule has 0 spiro atoms. The van der Waals surface area contributed by atoms with Gasteiger partial charge in [0, 0.05) is 10.6 Å². The molecule has 2 saturated heterocycles. The molecule has 6 nitrogen and oxygen atoms in total. The Hall–Kier alpha value is -0.510. The van der Waals surface area contributed by atoms with Crippen molar-refractivity contribution in [2.45, 2.75) is 50.6 Å². The van der Waals surface area contributed by atoms with Crippen LogP contribution in [0.15, 0.2) is 12.3 Å². The second-order valence-corrected chi connectivity index (χ2v) is 6.42. The minimum absolute atomic E-state index is 0.118. The fourth-order valence-corrected chi connectivity index (χ4v) is 3.49. The van der Waals surface area contributed by atoms with E-state index in [1.54, 1.807) is 0 Å². The summed E-state index contributed by atoms with van der Waals surface area (Å²) in [7, 11) is 0. The highest BCUT2D eigenvalue weighted by Crippen LogP contribution is 2.40. The van der Waals surface area contributed by atoms with E-state index in [1.807, 2.05) is 13.8 Å². The molecule has 0 aromatic heterocycles. The summed E-state index contributed by atoms with van der Waals surface area (Å²) in [5.41, 5.74) is 0. The van der Waals surface area contributed by atoms with Gasteiger partial charge in [0.15, 0.2) is 17.8 Å². The van der Waals surface area contributed by atoms with Crippen LogP contribution in [-0.4, -0.2) is 51.3 Å². The second kappa shape index (κ2) is 5.04. The fraction of sp³-hybridized carbons (Fsp3) is 0.692. The number of ether oxygens (including phenoxy) is 3. The highest BCUT2D eigenvalue weighted by Gasteiger charge is 2.57. The van der Waals surface area contributed by atoms with Gasteiger partial charge < -0.3 is 14.2 Å². The number of alkyl halides is 1. The molecule has 2 fully saturated rings. The molecule has 0 aromatic rings. The number of allylic oxidation sites excluding steroid dienone is 1. The maximum Gasteiger partial charge on any atom is 0.236 e. The predicted octanol–water partition coefficient (Wildman–Crippen LogP) is 0.982. The van der Waals surface area contributed by atoms with Gasteiger partial charge in [0.1, 0.15) is 12.2 Å². The van der Waals surface area contributed by atoms with Gasteiger partial charge >= 0.3 is 0 Å². The molecule has 3 aliphatic heterocycles. The number of hydrogen-bond donors (Lipinski definition) is 0. The molecule has 7 heteroatoms. The Labute approximate surface area is 130 Å². The van der Waals surface area contributed by atoms with Crippen molar-refractivity contribution < 1.29 is 23.8 Å². The Bertz CT molecular complexity index is 477. The number of halogens is 1. The molecule has 4 atom stereocenters. The first-order valence-electron chi connectivity index (χ1n) is 6.50. The lowest BCUT2D eigenvalue weighted by Gasteiger charge is -2.31. The SMILES string of the molecule is CC1(C)O[C@@H]2[C@H](O1)[C@@H](CI)O[C@H]2N1C=CC(=O)CC1=O. The van der Waals surface area contributed by atoms with E-state index in [2.05, 4.69) is 22.6 Å². The van der Waals surface area contributed by atoms with Crippen molar-refractivity contribution in [2.75, 3.05) is 4.43 Å². The normalized spacial score (nSPS) is 39.5. The number of carbonyl (C=O) groups excluding carboxylic acids is 2. The Morgan fingerprint density at radius 1 is 1.35 bits per heavy atom. The monoisotopic (exact) mass is 393 g/mol. The first-order chi connectivity index (χ1) is 9.41. The molecule has 0 saturated carbocycles. The molecule has 0 unspecified atom stereocenters. The van der Waals surface area contributed by atoms with Gasteiger partial charge in [-0.25, -0.2) is 0 Å². The van der Waals surface area contributed by atoms with Gasteiger partial charge in [-0.2, -0.15) is 0 Å². The van der Waals surface area contributed by atoms with Crippen molar-refractivity contribution in [3.8, 4) is 0 Å². The summed E-state index contributed by atoms with van der Waals surface area (Å²) in [5, 5.41) is 0. The molecule has 0 bridgehead atoms. The molecule has 0 N–H and O–H groups in total. The van der Waals surface area contributed by atoms with Gasteiger partial charge in [-0.3, -0.25) is 14.5 Å². The van der Waals surface area contributed by atoms with Gasteiger partial charge in [-0.1, -0.05) is 22.6 Å². The quantitative estimate of drug-likeness (QED) is 0.398. The maximum atomic E-state index is 12.0. The van der Waals surface area contributed by atoms with Crippen LogP contribution in [0.25, 0.3) is 0 Å². The highest BCUT2D eigenvalue weighted by atomic mass is 127. The van der Waals surface area contributed by atoms with Crippen molar-refractivity contribution in [3.05, 3.63) is 12.3 Å². The highest BCUT2D eigenvalue weighted by molar-refractivity contribution is 14.1. The minimum Gasteiger partial charge on any atom is -0.348 e. The van der Waals surface area contributed by atoms with Crippen LogP contribution in [0.2, 0.25) is 0 Å². The molecule has 1 amide bonds. The van der Waals surface area contributed by atoms with Crippen LogP contribution >= 0.6 is 22.6 Å². The molecular weight excluding hydrogens is 377 g/mol. The third-order valence-electron chi connectivity index (χ3n) is 3.59. The smallest absolute Gasteiger partial charge is 0.236 e. The topological polar surface area (TPSA) is 65.1 Å². The molecule has 110 valence electrons. The first kappa shape index (κ1) is 14.4. The van der Waals surface area contributed by atoms with Crippen LogP contribution < -0.4 is 0 Å². The van der Waals surface area contributed by atoms with Crippen molar-refractivity contribution in [1.82, 2.24) is 4.90 Å². The minimum atomic E-state index is -0.681. The molecule has 20 heavy (non-hydrogen) atoms. The zero-order valence-electron chi connectivity index (χ0n) is 11.2. The van der Waals surface area contributed by atoms with E-state index < -0.39 is 12.0 Å². The van der Waals surface area contributed by atoms with Crippen molar-refractivity contribution >= 4 is 34.3 Å². The van der Waals surface area contributed by atoms with E-state index in [1.165, 1.54) is 17.2 Å². The number of ketones is 1. The number of amides is 1. The fourth-order valence-electron chi connectivity index (χ4n) is 2.78. The van der Waals surface area contributed by atoms with Crippen molar-refractivity contribution in [2.24, 2.45) is 0 Å². The van der Waals surface area contributed by atoms with E-state index in [9.17, 15) is 9.59 Å². The number of carbonyl (C=O) groups is 2. The summed E-state index contributed by atoms with van der Waals surface area (Å²) < 4.78 is 18.4. The molecule has 0 aliphatic carbocycles. The number of nitrogens with zero attached hydrogens (tertiary/aromatic N) is 1. The third kappa shape index (κ3) is 2.40. The predicted molar refractivity (Wildman–Crippen MR) is 77.0 cm³/mol. The average Bonchev–Trinajstić information content (AvgIpc) is 2.83. The van der Waals surface area contributed by atoms with Crippen LogP contribution in [0, 0.1) is 0 Å². The summed E-state index contributed by atoms with van der Waals surface area (Å²) in [4.78, 5) is 24.7. The number of fused-ring (bicyclic) bond motifs is 1. The van der Waals surface area contributed by atoms with E-state index in [0.29, 0.717) is 0 Å². The lowest BCUT2D eigenvalue weighted by molar-refractivity contribution is -0.200. The molecular formula is C13H16INO5. The number of hydrogen-bond acceptors (Lipinski definition) is 5. The average molecular weight is 393 g/mol. The van der Waals surface area contributed by atoms with Crippen LogP contribution in [0.5, 0.6) is 0 Å². The summed E-state index contributed by atoms with van der Waals surface area (Å²) in [6.45, 7) is 3.70. The van der Waals surface area contributed by atoms with Crippen molar-refractivity contribution in [1.29, 1.82) is 0 Å². The van der Waals surface area contributed by atoms with Crippen molar-refractivity contribution in [3.63, 3.8) is 0 Å². The Kier molecular flexibility index (Phi) is 3.64. The van der Waals surface area contributed by atoms with E-state index >= 15 is 0 Å². The van der Waals surface area contributed by atoms with Crippen LogP contribution in [0.3, 0.4) is 0 Å². The molecule has 3 aliphatic rings. The van der Waals surface area contributed by atoms with Crippen LogP contribution in [0.1, 0.15) is 20.3 Å². The second-order valence-electron chi connectivity index (χ2n) is 5.54. The van der Waals surface area contributed by atoms with Gasteiger partial charge in [0.05, 0.1) is 12.5 Å². The van der Waals surface area contributed by atoms with E-state index in [0.717, 1.165) is 4.43 Å². The largest absolute Gasteiger partial charge is 0.348 e. The lowest BCUT2D eigenvalue weighted by atomic mass is 10.1. The molecule has 0 aromatic carbocycles. The van der Waals surface area contributed by atoms with Gasteiger partial charge in [0.2, 0.25) is 5.91 Å². The Balaban J connectivity index is 1.85. The Morgan fingerprint density at radius 2 is 2.05 bits per heavy atom. The van der Waals surface area contributed by atoms with E-state index in [-0.39, 0.29) is 36.4 Å². The molecule has 0 radical (unpaired) electrons. The first-order valence-corrected chi connectivity index (χ1v) is 8.03. The lowest BCUT2D eigenvalue weighted by Crippen LogP contribution is -2.46. The van der Waals surface area contributed by atoms with E-state index in [4.69, 9.17) is 14.2 Å². The molecule has 3 rings (SSSR count). The third-order valence-corrected chi connectivity index (χ3v) is 4.45.